The first-order chi connectivity index (χ1) is 9.69. The molecule has 2 rings (SSSR count). The molecule has 0 bridgehead atoms. The summed E-state index contributed by atoms with van der Waals surface area (Å²) in [5, 5.41) is 3.50. The normalized spacial score (nSPS) is 18.9. The predicted octanol–water partition coefficient (Wildman–Crippen LogP) is 2.33. The molecule has 0 radical (unpaired) electrons. The fraction of sp³-hybridized carbons (Fsp3) is 0.625. The van der Waals surface area contributed by atoms with Gasteiger partial charge in [0, 0.05) is 38.3 Å². The van der Waals surface area contributed by atoms with E-state index in [0.717, 1.165) is 30.8 Å². The van der Waals surface area contributed by atoms with Crippen molar-refractivity contribution in [2.75, 3.05) is 33.4 Å². The predicted molar refractivity (Wildman–Crippen MR) is 79.3 cm³/mol. The van der Waals surface area contributed by atoms with Crippen LogP contribution in [-0.4, -0.2) is 44.3 Å². The fourth-order valence-electron chi connectivity index (χ4n) is 2.75. The SMILES string of the molecule is COCCN(Cc1cc(C)ccc1F)CC1CCCN1. The van der Waals surface area contributed by atoms with Gasteiger partial charge in [-0.25, -0.2) is 4.39 Å². The van der Waals surface area contributed by atoms with E-state index in [0.29, 0.717) is 19.2 Å². The van der Waals surface area contributed by atoms with Crippen LogP contribution < -0.4 is 5.32 Å². The number of methoxy groups -OCH3 is 1. The average molecular weight is 280 g/mol. The van der Waals surface area contributed by atoms with Crippen LogP contribution in [0.5, 0.6) is 0 Å². The van der Waals surface area contributed by atoms with Crippen molar-refractivity contribution in [2.45, 2.75) is 32.4 Å². The second-order valence-corrected chi connectivity index (χ2v) is 5.62. The number of halogens is 1. The Morgan fingerprint density at radius 1 is 1.45 bits per heavy atom. The lowest BCUT2D eigenvalue weighted by molar-refractivity contribution is 0.137. The van der Waals surface area contributed by atoms with Gasteiger partial charge in [-0.2, -0.15) is 0 Å². The van der Waals surface area contributed by atoms with Crippen LogP contribution in [0.4, 0.5) is 4.39 Å². The average Bonchev–Trinajstić information content (AvgIpc) is 2.93. The monoisotopic (exact) mass is 280 g/mol. The molecule has 1 aromatic rings. The van der Waals surface area contributed by atoms with Crippen LogP contribution in [0.15, 0.2) is 18.2 Å². The highest BCUT2D eigenvalue weighted by Gasteiger charge is 2.18. The van der Waals surface area contributed by atoms with E-state index >= 15 is 0 Å². The van der Waals surface area contributed by atoms with Crippen molar-refractivity contribution in [3.05, 3.63) is 35.1 Å². The van der Waals surface area contributed by atoms with Crippen molar-refractivity contribution < 1.29 is 9.13 Å². The van der Waals surface area contributed by atoms with E-state index in [1.165, 1.54) is 12.8 Å². The third kappa shape index (κ3) is 4.54. The molecule has 0 saturated carbocycles. The molecule has 0 aromatic heterocycles. The summed E-state index contributed by atoms with van der Waals surface area (Å²) in [6.07, 6.45) is 2.45. The highest BCUT2D eigenvalue weighted by atomic mass is 19.1. The lowest BCUT2D eigenvalue weighted by Crippen LogP contribution is -2.39. The molecule has 0 spiro atoms. The van der Waals surface area contributed by atoms with E-state index in [1.807, 2.05) is 19.1 Å². The minimum atomic E-state index is -0.114. The van der Waals surface area contributed by atoms with Gasteiger partial charge in [0.1, 0.15) is 5.82 Å². The molecular formula is C16H25FN2O. The van der Waals surface area contributed by atoms with Gasteiger partial charge < -0.3 is 10.1 Å². The molecule has 1 aliphatic rings. The van der Waals surface area contributed by atoms with Crippen molar-refractivity contribution in [2.24, 2.45) is 0 Å². The van der Waals surface area contributed by atoms with Gasteiger partial charge in [-0.3, -0.25) is 4.90 Å². The third-order valence-electron chi connectivity index (χ3n) is 3.85. The molecule has 0 aliphatic carbocycles. The molecule has 1 unspecified atom stereocenters. The number of nitrogens with zero attached hydrogens (tertiary/aromatic N) is 1. The first-order valence-electron chi connectivity index (χ1n) is 7.38. The zero-order valence-corrected chi connectivity index (χ0v) is 12.5. The van der Waals surface area contributed by atoms with Gasteiger partial charge >= 0.3 is 0 Å². The molecule has 1 atom stereocenters. The minimum Gasteiger partial charge on any atom is -0.383 e. The number of benzene rings is 1. The standard InChI is InChI=1S/C16H25FN2O/c1-13-5-6-16(17)14(10-13)11-19(8-9-20-2)12-15-4-3-7-18-15/h5-6,10,15,18H,3-4,7-9,11-12H2,1-2H3. The largest absolute Gasteiger partial charge is 0.383 e. The van der Waals surface area contributed by atoms with Crippen LogP contribution in [0, 0.1) is 12.7 Å². The quantitative estimate of drug-likeness (QED) is 0.829. The van der Waals surface area contributed by atoms with E-state index in [1.54, 1.807) is 13.2 Å². The zero-order valence-electron chi connectivity index (χ0n) is 12.5. The lowest BCUT2D eigenvalue weighted by atomic mass is 10.1. The molecule has 1 fully saturated rings. The van der Waals surface area contributed by atoms with Gasteiger partial charge in [0.25, 0.3) is 0 Å². The molecule has 0 amide bonds. The van der Waals surface area contributed by atoms with Crippen LogP contribution in [-0.2, 0) is 11.3 Å². The van der Waals surface area contributed by atoms with E-state index in [2.05, 4.69) is 10.2 Å². The number of ether oxygens (including phenoxy) is 1. The Kier molecular flexibility index (Phi) is 5.95. The van der Waals surface area contributed by atoms with Crippen LogP contribution in [0.25, 0.3) is 0 Å². The number of aryl methyl sites for hydroxylation is 1. The summed E-state index contributed by atoms with van der Waals surface area (Å²) in [5.74, 6) is -0.114. The lowest BCUT2D eigenvalue weighted by Gasteiger charge is -2.25. The molecular weight excluding hydrogens is 255 g/mol. The van der Waals surface area contributed by atoms with Gasteiger partial charge in [0.15, 0.2) is 0 Å². The van der Waals surface area contributed by atoms with Crippen molar-refractivity contribution >= 4 is 0 Å². The smallest absolute Gasteiger partial charge is 0.127 e. The molecule has 20 heavy (non-hydrogen) atoms. The molecule has 1 N–H and O–H groups in total. The summed E-state index contributed by atoms with van der Waals surface area (Å²) < 4.78 is 19.1. The number of hydrogen-bond donors (Lipinski definition) is 1. The maximum Gasteiger partial charge on any atom is 0.127 e. The topological polar surface area (TPSA) is 24.5 Å². The van der Waals surface area contributed by atoms with Crippen LogP contribution in [0.2, 0.25) is 0 Å². The van der Waals surface area contributed by atoms with Gasteiger partial charge in [-0.15, -0.1) is 0 Å². The fourth-order valence-corrected chi connectivity index (χ4v) is 2.75. The Hall–Kier alpha value is -0.970. The number of rotatable bonds is 7. The van der Waals surface area contributed by atoms with Gasteiger partial charge in [0.2, 0.25) is 0 Å². The second kappa shape index (κ2) is 7.72. The molecule has 4 heteroatoms. The zero-order chi connectivity index (χ0) is 14.4. The first kappa shape index (κ1) is 15.4. The summed E-state index contributed by atoms with van der Waals surface area (Å²) in [7, 11) is 1.71. The molecule has 1 heterocycles. The third-order valence-corrected chi connectivity index (χ3v) is 3.85. The molecule has 1 aliphatic heterocycles. The van der Waals surface area contributed by atoms with E-state index < -0.39 is 0 Å². The van der Waals surface area contributed by atoms with Crippen molar-refractivity contribution in [3.8, 4) is 0 Å². The number of nitrogens with one attached hydrogen (secondary N) is 1. The maximum atomic E-state index is 13.9. The van der Waals surface area contributed by atoms with Gasteiger partial charge in [-0.05, 0) is 32.4 Å². The van der Waals surface area contributed by atoms with Crippen molar-refractivity contribution in [1.82, 2.24) is 10.2 Å². The summed E-state index contributed by atoms with van der Waals surface area (Å²) >= 11 is 0. The van der Waals surface area contributed by atoms with Gasteiger partial charge in [-0.1, -0.05) is 17.7 Å². The number of hydrogen-bond acceptors (Lipinski definition) is 3. The van der Waals surface area contributed by atoms with Crippen LogP contribution >= 0.6 is 0 Å². The highest BCUT2D eigenvalue weighted by Crippen LogP contribution is 2.14. The van der Waals surface area contributed by atoms with E-state index in [9.17, 15) is 4.39 Å². The molecule has 1 aromatic carbocycles. The second-order valence-electron chi connectivity index (χ2n) is 5.62. The van der Waals surface area contributed by atoms with E-state index in [4.69, 9.17) is 4.74 Å². The Bertz CT molecular complexity index is 419. The van der Waals surface area contributed by atoms with Crippen LogP contribution in [0.3, 0.4) is 0 Å². The Morgan fingerprint density at radius 3 is 3.00 bits per heavy atom. The molecule has 3 nitrogen and oxygen atoms in total. The van der Waals surface area contributed by atoms with Crippen molar-refractivity contribution in [1.29, 1.82) is 0 Å². The maximum absolute atomic E-state index is 13.9. The first-order valence-corrected chi connectivity index (χ1v) is 7.38. The van der Waals surface area contributed by atoms with E-state index in [-0.39, 0.29) is 5.82 Å². The summed E-state index contributed by atoms with van der Waals surface area (Å²) in [5.41, 5.74) is 1.88. The Balaban J connectivity index is 1.99. The molecule has 112 valence electrons. The van der Waals surface area contributed by atoms with Crippen LogP contribution in [0.1, 0.15) is 24.0 Å². The Labute approximate surface area is 121 Å². The summed E-state index contributed by atoms with van der Waals surface area (Å²) in [6.45, 7) is 6.22. The molecule has 1 saturated heterocycles. The van der Waals surface area contributed by atoms with Gasteiger partial charge in [0.05, 0.1) is 6.61 Å². The summed E-state index contributed by atoms with van der Waals surface area (Å²) in [6, 6.07) is 5.85. The highest BCUT2D eigenvalue weighted by molar-refractivity contribution is 5.24. The summed E-state index contributed by atoms with van der Waals surface area (Å²) in [4.78, 5) is 2.28. The minimum absolute atomic E-state index is 0.114. The van der Waals surface area contributed by atoms with Crippen molar-refractivity contribution in [3.63, 3.8) is 0 Å². The Morgan fingerprint density at radius 2 is 2.30 bits per heavy atom.